The Balaban J connectivity index is 2.54. The van der Waals surface area contributed by atoms with Crippen LogP contribution in [0.5, 0.6) is 0 Å². The summed E-state index contributed by atoms with van der Waals surface area (Å²) < 4.78 is 5.40. The zero-order chi connectivity index (χ0) is 10.1. The van der Waals surface area contributed by atoms with Gasteiger partial charge in [-0.05, 0) is 13.0 Å². The molecule has 0 aromatic carbocycles. The molecule has 2 heterocycles. The molecule has 5 nitrogen and oxygen atoms in total. The lowest BCUT2D eigenvalue weighted by molar-refractivity contribution is 0.532. The number of aryl methyl sites for hydroxylation is 2. The first-order valence-corrected chi connectivity index (χ1v) is 4.20. The van der Waals surface area contributed by atoms with Crippen LogP contribution in [0, 0.1) is 13.8 Å². The van der Waals surface area contributed by atoms with E-state index < -0.39 is 0 Å². The van der Waals surface area contributed by atoms with Gasteiger partial charge in [-0.2, -0.15) is 0 Å². The normalized spacial score (nSPS) is 10.4. The van der Waals surface area contributed by atoms with E-state index in [1.165, 1.54) is 0 Å². The number of hydrogen-bond donors (Lipinski definition) is 1. The fourth-order valence-electron chi connectivity index (χ4n) is 1.27. The molecule has 0 amide bonds. The molecule has 0 unspecified atom stereocenters. The molecule has 0 aliphatic rings. The lowest BCUT2D eigenvalue weighted by Crippen LogP contribution is -1.95. The predicted molar refractivity (Wildman–Crippen MR) is 51.4 cm³/mol. The van der Waals surface area contributed by atoms with Gasteiger partial charge in [0.25, 0.3) is 0 Å². The van der Waals surface area contributed by atoms with Gasteiger partial charge in [-0.3, -0.25) is 0 Å². The molecule has 72 valence electrons. The van der Waals surface area contributed by atoms with Crippen LogP contribution in [-0.4, -0.2) is 15.0 Å². The first-order valence-electron chi connectivity index (χ1n) is 4.20. The Morgan fingerprint density at radius 2 is 2.07 bits per heavy atom. The largest absolute Gasteiger partial charge is 0.439 e. The molecule has 5 heteroatoms. The van der Waals surface area contributed by atoms with Gasteiger partial charge < -0.3 is 10.2 Å². The molecule has 2 N–H and O–H groups in total. The average Bonchev–Trinajstić information content (AvgIpc) is 2.45. The molecule has 0 atom stereocenters. The van der Waals surface area contributed by atoms with Gasteiger partial charge in [-0.1, -0.05) is 0 Å². The number of rotatable bonds is 1. The number of aromatic nitrogens is 3. The highest BCUT2D eigenvalue weighted by Crippen LogP contribution is 2.21. The summed E-state index contributed by atoms with van der Waals surface area (Å²) in [5.41, 5.74) is 6.94. The van der Waals surface area contributed by atoms with Gasteiger partial charge in [-0.25, -0.2) is 15.0 Å². The fourth-order valence-corrected chi connectivity index (χ4v) is 1.27. The van der Waals surface area contributed by atoms with Gasteiger partial charge in [0.15, 0.2) is 11.7 Å². The van der Waals surface area contributed by atoms with Gasteiger partial charge in [0.05, 0.1) is 5.69 Å². The van der Waals surface area contributed by atoms with Crippen molar-refractivity contribution in [3.8, 4) is 11.5 Å². The second-order valence-electron chi connectivity index (χ2n) is 2.95. The molecule has 2 aromatic rings. The Hall–Kier alpha value is -1.91. The van der Waals surface area contributed by atoms with E-state index in [9.17, 15) is 0 Å². The third-order valence-electron chi connectivity index (χ3n) is 1.81. The summed E-state index contributed by atoms with van der Waals surface area (Å²) in [5, 5.41) is 0. The van der Waals surface area contributed by atoms with Crippen molar-refractivity contribution in [2.24, 2.45) is 0 Å². The minimum absolute atomic E-state index is 0.232. The minimum Gasteiger partial charge on any atom is -0.439 e. The number of nitrogens with two attached hydrogens (primary N) is 1. The van der Waals surface area contributed by atoms with Crippen molar-refractivity contribution < 1.29 is 4.42 Å². The van der Waals surface area contributed by atoms with Crippen LogP contribution in [0.15, 0.2) is 16.7 Å². The third-order valence-corrected chi connectivity index (χ3v) is 1.81. The van der Waals surface area contributed by atoms with E-state index >= 15 is 0 Å². The number of oxazole rings is 1. The fraction of sp³-hybridized carbons (Fsp3) is 0.222. The first kappa shape index (κ1) is 8.68. The molecule has 2 aromatic heterocycles. The van der Waals surface area contributed by atoms with Gasteiger partial charge in [-0.15, -0.1) is 0 Å². The van der Waals surface area contributed by atoms with E-state index in [1.807, 2.05) is 6.92 Å². The monoisotopic (exact) mass is 190 g/mol. The summed E-state index contributed by atoms with van der Waals surface area (Å²) >= 11 is 0. The van der Waals surface area contributed by atoms with Crippen LogP contribution in [-0.2, 0) is 0 Å². The van der Waals surface area contributed by atoms with Crippen LogP contribution in [0.4, 0.5) is 5.95 Å². The first-order chi connectivity index (χ1) is 6.66. The summed E-state index contributed by atoms with van der Waals surface area (Å²) in [6, 6.07) is 1.74. The number of nitrogens with zero attached hydrogens (tertiary/aromatic N) is 3. The maximum atomic E-state index is 5.47. The minimum atomic E-state index is 0.232. The lowest BCUT2D eigenvalue weighted by atomic mass is 10.3. The second-order valence-corrected chi connectivity index (χ2v) is 2.95. The maximum absolute atomic E-state index is 5.47. The summed E-state index contributed by atoms with van der Waals surface area (Å²) in [7, 11) is 0. The Bertz CT molecular complexity index is 464. The number of hydrogen-bond acceptors (Lipinski definition) is 5. The van der Waals surface area contributed by atoms with E-state index in [0.717, 1.165) is 5.69 Å². The highest BCUT2D eigenvalue weighted by Gasteiger charge is 2.10. The quantitative estimate of drug-likeness (QED) is 0.733. The molecular weight excluding hydrogens is 180 g/mol. The summed E-state index contributed by atoms with van der Waals surface area (Å²) in [6.07, 6.45) is 1.59. The predicted octanol–water partition coefficient (Wildman–Crippen LogP) is 1.33. The van der Waals surface area contributed by atoms with E-state index in [4.69, 9.17) is 10.2 Å². The molecule has 0 spiro atoms. The molecule has 0 saturated carbocycles. The van der Waals surface area contributed by atoms with E-state index in [2.05, 4.69) is 15.0 Å². The van der Waals surface area contributed by atoms with Gasteiger partial charge in [0.1, 0.15) is 5.69 Å². The molecule has 0 aliphatic heterocycles. The van der Waals surface area contributed by atoms with Crippen molar-refractivity contribution in [2.75, 3.05) is 5.73 Å². The topological polar surface area (TPSA) is 77.8 Å². The molecule has 0 aliphatic carbocycles. The Morgan fingerprint density at radius 1 is 1.29 bits per heavy atom. The molecular formula is C9H10N4O. The summed E-state index contributed by atoms with van der Waals surface area (Å²) in [5.74, 6) is 1.50. The van der Waals surface area contributed by atoms with Gasteiger partial charge >= 0.3 is 0 Å². The van der Waals surface area contributed by atoms with Crippen LogP contribution in [0.2, 0.25) is 0 Å². The summed E-state index contributed by atoms with van der Waals surface area (Å²) in [6.45, 7) is 3.66. The molecule has 0 fully saturated rings. The van der Waals surface area contributed by atoms with Crippen molar-refractivity contribution in [1.29, 1.82) is 0 Å². The Morgan fingerprint density at radius 3 is 2.64 bits per heavy atom. The molecule has 0 bridgehead atoms. The number of nitrogen functional groups attached to an aromatic ring is 1. The van der Waals surface area contributed by atoms with Gasteiger partial charge in [0, 0.05) is 13.1 Å². The lowest BCUT2D eigenvalue weighted by Gasteiger charge is -1.96. The molecule has 2 rings (SSSR count). The van der Waals surface area contributed by atoms with Crippen LogP contribution in [0.3, 0.4) is 0 Å². The van der Waals surface area contributed by atoms with E-state index in [-0.39, 0.29) is 5.95 Å². The van der Waals surface area contributed by atoms with Crippen molar-refractivity contribution in [1.82, 2.24) is 15.0 Å². The number of anilines is 1. The van der Waals surface area contributed by atoms with E-state index in [1.54, 1.807) is 19.2 Å². The van der Waals surface area contributed by atoms with Crippen LogP contribution >= 0.6 is 0 Å². The van der Waals surface area contributed by atoms with Crippen LogP contribution in [0.1, 0.15) is 11.6 Å². The SMILES string of the molecule is Cc1nc(C)c(-c2ccnc(N)n2)o1. The second kappa shape index (κ2) is 3.10. The van der Waals surface area contributed by atoms with Crippen LogP contribution in [0.25, 0.3) is 11.5 Å². The van der Waals surface area contributed by atoms with Crippen molar-refractivity contribution >= 4 is 5.95 Å². The van der Waals surface area contributed by atoms with Crippen LogP contribution < -0.4 is 5.73 Å². The smallest absolute Gasteiger partial charge is 0.220 e. The Labute approximate surface area is 81.0 Å². The van der Waals surface area contributed by atoms with Crippen molar-refractivity contribution in [3.63, 3.8) is 0 Å². The standard InChI is InChI=1S/C9H10N4O/c1-5-8(14-6(2)12-5)7-3-4-11-9(10)13-7/h3-4H,1-2H3,(H2,10,11,13). The summed E-state index contributed by atoms with van der Waals surface area (Å²) in [4.78, 5) is 12.0. The molecule has 0 saturated heterocycles. The van der Waals surface area contributed by atoms with Gasteiger partial charge in [0.2, 0.25) is 5.95 Å². The maximum Gasteiger partial charge on any atom is 0.220 e. The highest BCUT2D eigenvalue weighted by atomic mass is 16.4. The third kappa shape index (κ3) is 1.44. The highest BCUT2D eigenvalue weighted by molar-refractivity contribution is 5.55. The van der Waals surface area contributed by atoms with Crippen molar-refractivity contribution in [3.05, 3.63) is 23.8 Å². The Kier molecular flexibility index (Phi) is 1.92. The zero-order valence-corrected chi connectivity index (χ0v) is 7.98. The van der Waals surface area contributed by atoms with E-state index in [0.29, 0.717) is 17.3 Å². The van der Waals surface area contributed by atoms with Crippen molar-refractivity contribution in [2.45, 2.75) is 13.8 Å². The average molecular weight is 190 g/mol. The molecule has 14 heavy (non-hydrogen) atoms. The molecule has 0 radical (unpaired) electrons. The zero-order valence-electron chi connectivity index (χ0n) is 7.98.